The zero-order valence-electron chi connectivity index (χ0n) is 8.97. The number of carbonyl (C=O) groups is 1. The lowest BCUT2D eigenvalue weighted by Crippen LogP contribution is -2.45. The van der Waals surface area contributed by atoms with Gasteiger partial charge in [-0.25, -0.2) is 4.79 Å². The number of nitrogens with two attached hydrogens (primary N) is 1. The summed E-state index contributed by atoms with van der Waals surface area (Å²) in [6, 6.07) is 1.89. The third kappa shape index (κ3) is 2.20. The smallest absolute Gasteiger partial charge is 0.407 e. The average molecular weight is 321 g/mol. The molecule has 94 valence electrons. The van der Waals surface area contributed by atoms with E-state index in [4.69, 9.17) is 10.8 Å². The van der Waals surface area contributed by atoms with E-state index < -0.39 is 11.6 Å². The van der Waals surface area contributed by atoms with Crippen LogP contribution >= 0.6 is 27.3 Å². The van der Waals surface area contributed by atoms with Crippen LogP contribution in [0.25, 0.3) is 0 Å². The summed E-state index contributed by atoms with van der Waals surface area (Å²) in [4.78, 5) is 13.1. The van der Waals surface area contributed by atoms with Crippen LogP contribution in [-0.4, -0.2) is 40.9 Å². The number of carboxylic acid groups (broad SMARTS) is 1. The quantitative estimate of drug-likeness (QED) is 0.765. The third-order valence-electron chi connectivity index (χ3n) is 3.14. The Kier molecular flexibility index (Phi) is 3.44. The van der Waals surface area contributed by atoms with Crippen molar-refractivity contribution in [1.29, 1.82) is 0 Å². The lowest BCUT2D eigenvalue weighted by molar-refractivity contribution is 0.150. The minimum Gasteiger partial charge on any atom is -0.465 e. The molecule has 2 rings (SSSR count). The molecule has 1 saturated heterocycles. The number of likely N-dealkylation sites (tertiary alicyclic amines) is 1. The summed E-state index contributed by atoms with van der Waals surface area (Å²) in [7, 11) is 0. The Bertz CT molecular complexity index is 439. The number of amides is 1. The van der Waals surface area contributed by atoms with Crippen molar-refractivity contribution in [3.05, 3.63) is 20.8 Å². The molecule has 0 saturated carbocycles. The molecule has 2 atom stereocenters. The first kappa shape index (κ1) is 12.8. The second kappa shape index (κ2) is 4.56. The predicted octanol–water partition coefficient (Wildman–Crippen LogP) is 1.27. The monoisotopic (exact) mass is 320 g/mol. The molecule has 1 aromatic heterocycles. The van der Waals surface area contributed by atoms with Gasteiger partial charge in [-0.05, 0) is 22.0 Å². The molecule has 0 spiro atoms. The number of hydrogen-bond acceptors (Lipinski definition) is 4. The number of thiophene rings is 1. The van der Waals surface area contributed by atoms with Gasteiger partial charge in [-0.15, -0.1) is 11.3 Å². The molecular formula is C10H13BrN2O3S. The van der Waals surface area contributed by atoms with Gasteiger partial charge in [0.2, 0.25) is 0 Å². The van der Waals surface area contributed by atoms with Gasteiger partial charge in [0.15, 0.2) is 0 Å². The molecule has 0 bridgehead atoms. The Labute approximate surface area is 111 Å². The molecule has 2 unspecified atom stereocenters. The van der Waals surface area contributed by atoms with Crippen molar-refractivity contribution in [3.63, 3.8) is 0 Å². The van der Waals surface area contributed by atoms with Crippen LogP contribution < -0.4 is 5.73 Å². The topological polar surface area (TPSA) is 86.8 Å². The van der Waals surface area contributed by atoms with E-state index in [1.54, 1.807) is 0 Å². The van der Waals surface area contributed by atoms with Gasteiger partial charge in [0.05, 0.1) is 5.54 Å². The molecule has 4 N–H and O–H groups in total. The lowest BCUT2D eigenvalue weighted by Gasteiger charge is -2.27. The van der Waals surface area contributed by atoms with E-state index in [0.29, 0.717) is 0 Å². The number of aliphatic hydroxyl groups is 1. The number of nitrogens with zero attached hydrogens (tertiary/aromatic N) is 1. The maximum atomic E-state index is 11.0. The fourth-order valence-corrected chi connectivity index (χ4v) is 3.76. The highest BCUT2D eigenvalue weighted by Crippen LogP contribution is 2.38. The number of halogens is 1. The molecule has 7 heteroatoms. The standard InChI is InChI=1S/C10H13BrN2O3S/c11-7-1-8(17-4-7)10(12)5-13(9(15)16)2-6(10)3-14/h1,4,6,14H,2-3,5,12H2,(H,15,16). The first-order valence-corrected chi connectivity index (χ1v) is 6.76. The maximum absolute atomic E-state index is 11.0. The van der Waals surface area contributed by atoms with Crippen LogP contribution in [0.4, 0.5) is 4.79 Å². The molecule has 0 radical (unpaired) electrons. The van der Waals surface area contributed by atoms with Gasteiger partial charge in [0.1, 0.15) is 0 Å². The van der Waals surface area contributed by atoms with Crippen molar-refractivity contribution in [2.45, 2.75) is 5.54 Å². The van der Waals surface area contributed by atoms with Crippen molar-refractivity contribution in [2.24, 2.45) is 11.7 Å². The summed E-state index contributed by atoms with van der Waals surface area (Å²) in [5.74, 6) is -0.260. The van der Waals surface area contributed by atoms with Gasteiger partial charge in [0, 0.05) is 40.3 Å². The van der Waals surface area contributed by atoms with E-state index >= 15 is 0 Å². The third-order valence-corrected chi connectivity index (χ3v) is 5.02. The summed E-state index contributed by atoms with van der Waals surface area (Å²) in [6.45, 7) is 0.383. The van der Waals surface area contributed by atoms with Crippen LogP contribution in [0.5, 0.6) is 0 Å². The molecular weight excluding hydrogens is 308 g/mol. The highest BCUT2D eigenvalue weighted by Gasteiger charge is 2.47. The normalized spacial score (nSPS) is 28.6. The molecule has 17 heavy (non-hydrogen) atoms. The highest BCUT2D eigenvalue weighted by molar-refractivity contribution is 9.10. The summed E-state index contributed by atoms with van der Waals surface area (Å²) < 4.78 is 0.924. The van der Waals surface area contributed by atoms with Gasteiger partial charge in [-0.2, -0.15) is 0 Å². The largest absolute Gasteiger partial charge is 0.465 e. The van der Waals surface area contributed by atoms with Crippen molar-refractivity contribution < 1.29 is 15.0 Å². The summed E-state index contributed by atoms with van der Waals surface area (Å²) in [5.41, 5.74) is 5.51. The van der Waals surface area contributed by atoms with Gasteiger partial charge < -0.3 is 20.8 Å². The summed E-state index contributed by atoms with van der Waals surface area (Å²) >= 11 is 4.83. The molecule has 0 aliphatic carbocycles. The molecule has 2 heterocycles. The molecule has 1 fully saturated rings. The van der Waals surface area contributed by atoms with Gasteiger partial charge >= 0.3 is 6.09 Å². The molecule has 1 aliphatic heterocycles. The molecule has 5 nitrogen and oxygen atoms in total. The Balaban J connectivity index is 2.31. The Hall–Kier alpha value is -0.630. The predicted molar refractivity (Wildman–Crippen MR) is 68.1 cm³/mol. The van der Waals surface area contributed by atoms with Crippen LogP contribution in [0.15, 0.2) is 15.9 Å². The van der Waals surface area contributed by atoms with Crippen LogP contribution in [-0.2, 0) is 5.54 Å². The number of hydrogen-bond donors (Lipinski definition) is 3. The molecule has 1 aliphatic rings. The summed E-state index contributed by atoms with van der Waals surface area (Å²) in [5, 5.41) is 20.3. The van der Waals surface area contributed by atoms with Gasteiger partial charge in [-0.3, -0.25) is 0 Å². The van der Waals surface area contributed by atoms with Crippen molar-refractivity contribution in [2.75, 3.05) is 19.7 Å². The fraction of sp³-hybridized carbons (Fsp3) is 0.500. The van der Waals surface area contributed by atoms with Gasteiger partial charge in [0.25, 0.3) is 0 Å². The van der Waals surface area contributed by atoms with Crippen LogP contribution in [0.2, 0.25) is 0 Å². The number of rotatable bonds is 2. The van der Waals surface area contributed by atoms with Crippen LogP contribution in [0, 0.1) is 5.92 Å². The highest BCUT2D eigenvalue weighted by atomic mass is 79.9. The number of aliphatic hydroxyl groups excluding tert-OH is 1. The average Bonchev–Trinajstić information content (AvgIpc) is 2.83. The fourth-order valence-electron chi connectivity index (χ4n) is 2.14. The van der Waals surface area contributed by atoms with E-state index in [1.807, 2.05) is 11.4 Å². The molecule has 1 aromatic rings. The molecule has 0 aromatic carbocycles. The van der Waals surface area contributed by atoms with E-state index in [0.717, 1.165) is 9.35 Å². The Morgan fingerprint density at radius 2 is 2.47 bits per heavy atom. The van der Waals surface area contributed by atoms with Crippen LogP contribution in [0.3, 0.4) is 0 Å². The van der Waals surface area contributed by atoms with E-state index in [9.17, 15) is 9.90 Å². The first-order valence-electron chi connectivity index (χ1n) is 5.09. The Morgan fingerprint density at radius 3 is 2.94 bits per heavy atom. The zero-order chi connectivity index (χ0) is 12.6. The second-order valence-electron chi connectivity index (χ2n) is 4.21. The van der Waals surface area contributed by atoms with E-state index in [2.05, 4.69) is 15.9 Å². The van der Waals surface area contributed by atoms with E-state index in [-0.39, 0.29) is 25.6 Å². The molecule has 1 amide bonds. The maximum Gasteiger partial charge on any atom is 0.407 e. The van der Waals surface area contributed by atoms with Crippen molar-refractivity contribution in [3.8, 4) is 0 Å². The lowest BCUT2D eigenvalue weighted by atomic mass is 9.87. The SMILES string of the molecule is NC1(c2cc(Br)cs2)CN(C(=O)O)CC1CO. The zero-order valence-corrected chi connectivity index (χ0v) is 11.4. The van der Waals surface area contributed by atoms with Gasteiger partial charge in [-0.1, -0.05) is 0 Å². The van der Waals surface area contributed by atoms with Crippen LogP contribution in [0.1, 0.15) is 4.88 Å². The van der Waals surface area contributed by atoms with Crippen molar-refractivity contribution in [1.82, 2.24) is 4.90 Å². The Morgan fingerprint density at radius 1 is 1.76 bits per heavy atom. The minimum atomic E-state index is -0.994. The minimum absolute atomic E-state index is 0.115. The van der Waals surface area contributed by atoms with Crippen molar-refractivity contribution >= 4 is 33.4 Å². The first-order chi connectivity index (χ1) is 7.97. The second-order valence-corrected chi connectivity index (χ2v) is 6.04. The summed E-state index contributed by atoms with van der Waals surface area (Å²) in [6.07, 6.45) is -0.994. The van der Waals surface area contributed by atoms with E-state index in [1.165, 1.54) is 16.2 Å².